The van der Waals surface area contributed by atoms with E-state index in [9.17, 15) is 4.79 Å². The molecule has 2 atom stereocenters. The lowest BCUT2D eigenvalue weighted by atomic mass is 9.93. The largest absolute Gasteiger partial charge is 0.496 e. The molecule has 2 aromatic carbocycles. The summed E-state index contributed by atoms with van der Waals surface area (Å²) in [5.41, 5.74) is 4.52. The van der Waals surface area contributed by atoms with Crippen molar-refractivity contribution in [3.05, 3.63) is 71.3 Å². The zero-order chi connectivity index (χ0) is 17.2. The maximum atomic E-state index is 11.3. The van der Waals surface area contributed by atoms with E-state index in [-0.39, 0.29) is 0 Å². The summed E-state index contributed by atoms with van der Waals surface area (Å²) in [6, 6.07) is 17.7. The molecule has 0 radical (unpaired) electrons. The molecule has 0 aromatic heterocycles. The molecule has 0 amide bonds. The lowest BCUT2D eigenvalue weighted by molar-refractivity contribution is 0.112. The fourth-order valence-electron chi connectivity index (χ4n) is 4.20. The maximum Gasteiger partial charge on any atom is 0.153 e. The Morgan fingerprint density at radius 3 is 2.72 bits per heavy atom. The summed E-state index contributed by atoms with van der Waals surface area (Å²) in [4.78, 5) is 13.9. The molecule has 0 saturated carbocycles. The second-order valence-electron chi connectivity index (χ2n) is 6.93. The summed E-state index contributed by atoms with van der Waals surface area (Å²) in [6.45, 7) is 1.02. The molecule has 0 N–H and O–H groups in total. The Labute approximate surface area is 148 Å². The van der Waals surface area contributed by atoms with Crippen LogP contribution in [0, 0.1) is 0 Å². The number of hydrogen-bond donors (Lipinski definition) is 0. The number of ether oxygens (including phenoxy) is 1. The molecule has 2 aromatic rings. The van der Waals surface area contributed by atoms with E-state index in [1.165, 1.54) is 24.0 Å². The van der Waals surface area contributed by atoms with Gasteiger partial charge in [0.2, 0.25) is 0 Å². The molecule has 2 aliphatic heterocycles. The van der Waals surface area contributed by atoms with Gasteiger partial charge in [-0.25, -0.2) is 0 Å². The summed E-state index contributed by atoms with van der Waals surface area (Å²) < 4.78 is 5.26. The first kappa shape index (κ1) is 16.1. The van der Waals surface area contributed by atoms with Crippen LogP contribution >= 0.6 is 0 Å². The normalized spacial score (nSPS) is 22.5. The van der Waals surface area contributed by atoms with Crippen molar-refractivity contribution in [2.45, 2.75) is 37.9 Å². The van der Waals surface area contributed by atoms with Crippen LogP contribution < -0.4 is 4.74 Å². The zero-order valence-corrected chi connectivity index (χ0v) is 14.5. The van der Waals surface area contributed by atoms with Crippen LogP contribution in [-0.2, 0) is 6.54 Å². The number of aldehydes is 1. The summed E-state index contributed by atoms with van der Waals surface area (Å²) in [7, 11) is 1.60. The van der Waals surface area contributed by atoms with Gasteiger partial charge in [-0.2, -0.15) is 0 Å². The van der Waals surface area contributed by atoms with E-state index >= 15 is 0 Å². The monoisotopic (exact) mass is 333 g/mol. The maximum absolute atomic E-state index is 11.3. The van der Waals surface area contributed by atoms with Gasteiger partial charge in [0.05, 0.1) is 12.7 Å². The number of benzene rings is 2. The average molecular weight is 333 g/mol. The fourth-order valence-corrected chi connectivity index (χ4v) is 4.20. The molecular weight excluding hydrogens is 310 g/mol. The van der Waals surface area contributed by atoms with Gasteiger partial charge in [-0.1, -0.05) is 42.5 Å². The predicted octanol–water partition coefficient (Wildman–Crippen LogP) is 4.33. The van der Waals surface area contributed by atoms with Crippen molar-refractivity contribution >= 4 is 11.9 Å². The Balaban J connectivity index is 1.58. The van der Waals surface area contributed by atoms with Gasteiger partial charge in [0.15, 0.2) is 6.29 Å². The first-order valence-corrected chi connectivity index (χ1v) is 8.92. The van der Waals surface area contributed by atoms with Gasteiger partial charge in [-0.05, 0) is 48.1 Å². The Morgan fingerprint density at radius 1 is 1.16 bits per heavy atom. The Morgan fingerprint density at radius 2 is 2.00 bits per heavy atom. The Hall–Kier alpha value is -2.39. The molecule has 1 fully saturated rings. The lowest BCUT2D eigenvalue weighted by Gasteiger charge is -2.34. The SMILES string of the molecule is COc1ccc(C2=CC3CCC(C2)N3Cc2ccccc2)cc1C=O. The minimum absolute atomic E-state index is 0.496. The third-order valence-corrected chi connectivity index (χ3v) is 5.48. The molecule has 2 bridgehead atoms. The van der Waals surface area contributed by atoms with Crippen molar-refractivity contribution in [3.63, 3.8) is 0 Å². The molecule has 1 saturated heterocycles. The quantitative estimate of drug-likeness (QED) is 0.763. The standard InChI is InChI=1S/C22H23NO2/c1-25-22-10-7-17(11-19(22)15-24)18-12-20-8-9-21(13-18)23(20)14-16-5-3-2-4-6-16/h2-7,10-12,15,20-21H,8-9,13-14H2,1H3. The first-order chi connectivity index (χ1) is 12.3. The molecule has 0 aliphatic carbocycles. The second kappa shape index (κ2) is 6.85. The van der Waals surface area contributed by atoms with Gasteiger partial charge in [-0.3, -0.25) is 9.69 Å². The first-order valence-electron chi connectivity index (χ1n) is 8.92. The third-order valence-electron chi connectivity index (χ3n) is 5.48. The summed E-state index contributed by atoms with van der Waals surface area (Å²) in [6.07, 6.45) is 6.80. The minimum Gasteiger partial charge on any atom is -0.496 e. The molecule has 4 rings (SSSR count). The predicted molar refractivity (Wildman–Crippen MR) is 99.8 cm³/mol. The Kier molecular flexibility index (Phi) is 4.41. The van der Waals surface area contributed by atoms with E-state index < -0.39 is 0 Å². The van der Waals surface area contributed by atoms with Crippen LogP contribution in [0.25, 0.3) is 5.57 Å². The highest BCUT2D eigenvalue weighted by Crippen LogP contribution is 2.40. The van der Waals surface area contributed by atoms with Crippen molar-refractivity contribution in [3.8, 4) is 5.75 Å². The Bertz CT molecular complexity index is 797. The summed E-state index contributed by atoms with van der Waals surface area (Å²) in [5.74, 6) is 0.642. The van der Waals surface area contributed by atoms with Crippen molar-refractivity contribution < 1.29 is 9.53 Å². The van der Waals surface area contributed by atoms with Crippen LogP contribution in [0.3, 0.4) is 0 Å². The average Bonchev–Trinajstić information content (AvgIpc) is 2.89. The van der Waals surface area contributed by atoms with Gasteiger partial charge in [-0.15, -0.1) is 0 Å². The van der Waals surface area contributed by atoms with E-state index in [1.54, 1.807) is 7.11 Å². The van der Waals surface area contributed by atoms with Crippen LogP contribution in [-0.4, -0.2) is 30.4 Å². The molecule has 3 nitrogen and oxygen atoms in total. The van der Waals surface area contributed by atoms with Crippen molar-refractivity contribution in [1.82, 2.24) is 4.90 Å². The van der Waals surface area contributed by atoms with Crippen LogP contribution in [0.15, 0.2) is 54.6 Å². The van der Waals surface area contributed by atoms with Crippen molar-refractivity contribution in [2.24, 2.45) is 0 Å². The van der Waals surface area contributed by atoms with Gasteiger partial charge in [0.25, 0.3) is 0 Å². The number of methoxy groups -OCH3 is 1. The third kappa shape index (κ3) is 3.12. The second-order valence-corrected chi connectivity index (χ2v) is 6.93. The molecule has 0 spiro atoms. The molecule has 128 valence electrons. The van der Waals surface area contributed by atoms with E-state index in [2.05, 4.69) is 47.4 Å². The number of rotatable bonds is 5. The number of nitrogens with zero attached hydrogens (tertiary/aromatic N) is 1. The molecule has 2 heterocycles. The number of fused-ring (bicyclic) bond motifs is 2. The van der Waals surface area contributed by atoms with Crippen LogP contribution in [0.2, 0.25) is 0 Å². The number of carbonyl (C=O) groups excluding carboxylic acids is 1. The van der Waals surface area contributed by atoms with Crippen molar-refractivity contribution in [1.29, 1.82) is 0 Å². The highest BCUT2D eigenvalue weighted by atomic mass is 16.5. The van der Waals surface area contributed by atoms with Gasteiger partial charge in [0.1, 0.15) is 5.75 Å². The number of hydrogen-bond acceptors (Lipinski definition) is 3. The van der Waals surface area contributed by atoms with E-state index in [0.717, 1.165) is 24.8 Å². The zero-order valence-electron chi connectivity index (χ0n) is 14.5. The fraction of sp³-hybridized carbons (Fsp3) is 0.318. The molecule has 2 aliphatic rings. The van der Waals surface area contributed by atoms with Crippen LogP contribution in [0.5, 0.6) is 5.75 Å². The lowest BCUT2D eigenvalue weighted by Crippen LogP contribution is -2.37. The number of carbonyl (C=O) groups is 1. The van der Waals surface area contributed by atoms with E-state index in [4.69, 9.17) is 4.74 Å². The molecule has 25 heavy (non-hydrogen) atoms. The van der Waals surface area contributed by atoms with Crippen LogP contribution in [0.4, 0.5) is 0 Å². The van der Waals surface area contributed by atoms with Gasteiger partial charge in [0, 0.05) is 18.6 Å². The van der Waals surface area contributed by atoms with Gasteiger partial charge >= 0.3 is 0 Å². The van der Waals surface area contributed by atoms with E-state index in [1.807, 2.05) is 12.1 Å². The van der Waals surface area contributed by atoms with Gasteiger partial charge < -0.3 is 4.74 Å². The molecule has 2 unspecified atom stereocenters. The highest BCUT2D eigenvalue weighted by molar-refractivity contribution is 5.82. The topological polar surface area (TPSA) is 29.5 Å². The molecular formula is C22H23NO2. The van der Waals surface area contributed by atoms with Crippen molar-refractivity contribution in [2.75, 3.05) is 7.11 Å². The minimum atomic E-state index is 0.496. The summed E-state index contributed by atoms with van der Waals surface area (Å²) >= 11 is 0. The van der Waals surface area contributed by atoms with E-state index in [0.29, 0.717) is 23.4 Å². The smallest absolute Gasteiger partial charge is 0.153 e. The van der Waals surface area contributed by atoms with Crippen LogP contribution in [0.1, 0.15) is 40.7 Å². The highest BCUT2D eigenvalue weighted by Gasteiger charge is 2.36. The summed E-state index contributed by atoms with van der Waals surface area (Å²) in [5, 5.41) is 0. The molecule has 3 heteroatoms.